The SMILES string of the molecule is CCC(C)NC(=O)c1ccc(CNC(=NC)N2CCC(Oc3ccccc3)CC2)cc1. The number of rotatable bonds is 7. The van der Waals surface area contributed by atoms with Crippen molar-refractivity contribution in [1.82, 2.24) is 15.5 Å². The van der Waals surface area contributed by atoms with Gasteiger partial charge in [0.25, 0.3) is 5.91 Å². The van der Waals surface area contributed by atoms with Gasteiger partial charge in [0.1, 0.15) is 11.9 Å². The third-order valence-corrected chi connectivity index (χ3v) is 5.66. The van der Waals surface area contributed by atoms with Crippen molar-refractivity contribution in [3.8, 4) is 5.75 Å². The van der Waals surface area contributed by atoms with Crippen LogP contribution in [0.3, 0.4) is 0 Å². The monoisotopic (exact) mass is 422 g/mol. The Labute approximate surface area is 185 Å². The van der Waals surface area contributed by atoms with Gasteiger partial charge >= 0.3 is 0 Å². The molecule has 1 amide bonds. The van der Waals surface area contributed by atoms with Gasteiger partial charge in [-0.05, 0) is 43.2 Å². The minimum atomic E-state index is -0.0229. The third kappa shape index (κ3) is 6.74. The van der Waals surface area contributed by atoms with Gasteiger partial charge in [-0.15, -0.1) is 0 Å². The molecule has 0 aliphatic carbocycles. The van der Waals surface area contributed by atoms with Crippen LogP contribution in [0.1, 0.15) is 49.0 Å². The number of nitrogens with zero attached hydrogens (tertiary/aromatic N) is 2. The van der Waals surface area contributed by atoms with Gasteiger partial charge in [0.15, 0.2) is 5.96 Å². The number of carbonyl (C=O) groups is 1. The fraction of sp³-hybridized carbons (Fsp3) is 0.440. The molecule has 2 aromatic rings. The molecule has 1 atom stereocenters. The minimum absolute atomic E-state index is 0.0229. The van der Waals surface area contributed by atoms with E-state index < -0.39 is 0 Å². The van der Waals surface area contributed by atoms with Crippen molar-refractivity contribution < 1.29 is 9.53 Å². The Morgan fingerprint density at radius 1 is 1.13 bits per heavy atom. The van der Waals surface area contributed by atoms with Crippen molar-refractivity contribution in [2.75, 3.05) is 20.1 Å². The lowest BCUT2D eigenvalue weighted by Crippen LogP contribution is -2.47. The number of hydrogen-bond acceptors (Lipinski definition) is 3. The molecule has 1 heterocycles. The number of ether oxygens (including phenoxy) is 1. The number of nitrogens with one attached hydrogen (secondary N) is 2. The van der Waals surface area contributed by atoms with Crippen molar-refractivity contribution in [3.63, 3.8) is 0 Å². The number of para-hydroxylation sites is 1. The van der Waals surface area contributed by atoms with E-state index in [1.165, 1.54) is 0 Å². The van der Waals surface area contributed by atoms with Crippen LogP contribution in [0.4, 0.5) is 0 Å². The van der Waals surface area contributed by atoms with E-state index in [1.54, 1.807) is 0 Å². The maximum atomic E-state index is 12.2. The van der Waals surface area contributed by atoms with Crippen LogP contribution in [0.5, 0.6) is 5.75 Å². The van der Waals surface area contributed by atoms with Crippen molar-refractivity contribution in [3.05, 3.63) is 65.7 Å². The second kappa shape index (κ2) is 11.4. The first-order chi connectivity index (χ1) is 15.1. The van der Waals surface area contributed by atoms with Gasteiger partial charge in [0.05, 0.1) is 0 Å². The molecule has 1 aliphatic rings. The van der Waals surface area contributed by atoms with E-state index >= 15 is 0 Å². The summed E-state index contributed by atoms with van der Waals surface area (Å²) in [5, 5.41) is 6.44. The number of aliphatic imine (C=N–C) groups is 1. The zero-order valence-corrected chi connectivity index (χ0v) is 18.8. The highest BCUT2D eigenvalue weighted by molar-refractivity contribution is 5.94. The number of hydrogen-bond donors (Lipinski definition) is 2. The van der Waals surface area contributed by atoms with Gasteiger partial charge < -0.3 is 20.3 Å². The van der Waals surface area contributed by atoms with Crippen LogP contribution in [-0.4, -0.2) is 49.0 Å². The Bertz CT molecular complexity index is 844. The summed E-state index contributed by atoms with van der Waals surface area (Å²) in [6, 6.07) is 17.9. The number of carbonyl (C=O) groups excluding carboxylic acids is 1. The summed E-state index contributed by atoms with van der Waals surface area (Å²) in [6.07, 6.45) is 3.10. The second-order valence-corrected chi connectivity index (χ2v) is 8.00. The molecule has 1 saturated heterocycles. The number of likely N-dealkylation sites (tertiary alicyclic amines) is 1. The van der Waals surface area contributed by atoms with Crippen LogP contribution in [0, 0.1) is 0 Å². The molecule has 0 radical (unpaired) electrons. The summed E-state index contributed by atoms with van der Waals surface area (Å²) in [4.78, 5) is 19.0. The lowest BCUT2D eigenvalue weighted by atomic mass is 10.1. The highest BCUT2D eigenvalue weighted by atomic mass is 16.5. The molecule has 6 heteroatoms. The van der Waals surface area contributed by atoms with E-state index in [1.807, 2.05) is 68.6 Å². The average molecular weight is 423 g/mol. The summed E-state index contributed by atoms with van der Waals surface area (Å²) < 4.78 is 6.09. The number of piperidine rings is 1. The molecule has 31 heavy (non-hydrogen) atoms. The topological polar surface area (TPSA) is 66.0 Å². The van der Waals surface area contributed by atoms with Gasteiger partial charge in [-0.25, -0.2) is 0 Å². The Balaban J connectivity index is 1.46. The molecule has 0 saturated carbocycles. The molecule has 0 bridgehead atoms. The Morgan fingerprint density at radius 2 is 1.81 bits per heavy atom. The molecule has 1 aliphatic heterocycles. The predicted octanol–water partition coefficient (Wildman–Crippen LogP) is 3.83. The fourth-order valence-electron chi connectivity index (χ4n) is 3.57. The lowest BCUT2D eigenvalue weighted by molar-refractivity contribution is 0.0939. The van der Waals surface area contributed by atoms with E-state index in [0.29, 0.717) is 12.1 Å². The summed E-state index contributed by atoms with van der Waals surface area (Å²) in [5.41, 5.74) is 1.80. The first kappa shape index (κ1) is 22.7. The van der Waals surface area contributed by atoms with Crippen molar-refractivity contribution in [2.24, 2.45) is 4.99 Å². The summed E-state index contributed by atoms with van der Waals surface area (Å²) >= 11 is 0. The van der Waals surface area contributed by atoms with Crippen LogP contribution in [-0.2, 0) is 6.54 Å². The zero-order chi connectivity index (χ0) is 22.1. The number of benzene rings is 2. The van der Waals surface area contributed by atoms with Crippen LogP contribution in [0.2, 0.25) is 0 Å². The Morgan fingerprint density at radius 3 is 2.42 bits per heavy atom. The molecule has 0 aromatic heterocycles. The van der Waals surface area contributed by atoms with E-state index in [4.69, 9.17) is 4.74 Å². The van der Waals surface area contributed by atoms with Crippen molar-refractivity contribution in [2.45, 2.75) is 51.8 Å². The zero-order valence-electron chi connectivity index (χ0n) is 18.8. The number of guanidine groups is 1. The van der Waals surface area contributed by atoms with Crippen molar-refractivity contribution in [1.29, 1.82) is 0 Å². The molecular weight excluding hydrogens is 388 g/mol. The molecule has 166 valence electrons. The molecule has 1 fully saturated rings. The average Bonchev–Trinajstić information content (AvgIpc) is 2.81. The van der Waals surface area contributed by atoms with Crippen LogP contribution < -0.4 is 15.4 Å². The van der Waals surface area contributed by atoms with Crippen molar-refractivity contribution >= 4 is 11.9 Å². The van der Waals surface area contributed by atoms with Crippen LogP contribution >= 0.6 is 0 Å². The van der Waals surface area contributed by atoms with E-state index in [2.05, 4.69) is 27.4 Å². The van der Waals surface area contributed by atoms with Gasteiger partial charge in [-0.1, -0.05) is 37.3 Å². The molecule has 2 N–H and O–H groups in total. The summed E-state index contributed by atoms with van der Waals surface area (Å²) in [6.45, 7) is 6.56. The molecule has 0 spiro atoms. The van der Waals surface area contributed by atoms with E-state index in [-0.39, 0.29) is 18.1 Å². The minimum Gasteiger partial charge on any atom is -0.490 e. The normalized spacial score (nSPS) is 16.0. The van der Waals surface area contributed by atoms with E-state index in [9.17, 15) is 4.79 Å². The second-order valence-electron chi connectivity index (χ2n) is 8.00. The van der Waals surface area contributed by atoms with Gasteiger partial charge in [0, 0.05) is 51.1 Å². The smallest absolute Gasteiger partial charge is 0.251 e. The molecular formula is C25H34N4O2. The third-order valence-electron chi connectivity index (χ3n) is 5.66. The molecule has 6 nitrogen and oxygen atoms in total. The first-order valence-electron chi connectivity index (χ1n) is 11.2. The maximum absolute atomic E-state index is 12.2. The maximum Gasteiger partial charge on any atom is 0.251 e. The summed E-state index contributed by atoms with van der Waals surface area (Å²) in [7, 11) is 1.82. The predicted molar refractivity (Wildman–Crippen MR) is 126 cm³/mol. The Kier molecular flexibility index (Phi) is 8.33. The molecule has 1 unspecified atom stereocenters. The highest BCUT2D eigenvalue weighted by Crippen LogP contribution is 2.18. The van der Waals surface area contributed by atoms with Gasteiger partial charge in [-0.2, -0.15) is 0 Å². The largest absolute Gasteiger partial charge is 0.490 e. The standard InChI is InChI=1S/C25H34N4O2/c1-4-19(2)28-24(30)21-12-10-20(11-13-21)18-27-25(26-3)29-16-14-23(15-17-29)31-22-8-6-5-7-9-22/h5-13,19,23H,4,14-18H2,1-3H3,(H,26,27)(H,28,30). The molecule has 2 aromatic carbocycles. The van der Waals surface area contributed by atoms with Crippen LogP contribution in [0.25, 0.3) is 0 Å². The number of amides is 1. The van der Waals surface area contributed by atoms with Gasteiger partial charge in [-0.3, -0.25) is 9.79 Å². The first-order valence-corrected chi connectivity index (χ1v) is 11.2. The lowest BCUT2D eigenvalue weighted by Gasteiger charge is -2.34. The highest BCUT2D eigenvalue weighted by Gasteiger charge is 2.22. The van der Waals surface area contributed by atoms with Gasteiger partial charge in [0.2, 0.25) is 0 Å². The Hall–Kier alpha value is -3.02. The van der Waals surface area contributed by atoms with Crippen LogP contribution in [0.15, 0.2) is 59.6 Å². The quantitative estimate of drug-likeness (QED) is 0.526. The fourth-order valence-corrected chi connectivity index (χ4v) is 3.57. The van der Waals surface area contributed by atoms with E-state index in [0.717, 1.165) is 49.6 Å². The molecule has 3 rings (SSSR count). The summed E-state index contributed by atoms with van der Waals surface area (Å²) in [5.74, 6) is 1.81.